The average molecular weight is 406 g/mol. The number of hydrogen-bond donors (Lipinski definition) is 1. The molecule has 0 spiro atoms. The van der Waals surface area contributed by atoms with E-state index in [1.54, 1.807) is 7.11 Å². The zero-order chi connectivity index (χ0) is 18.0. The normalized spacial score (nSPS) is 38.7. The first-order valence-corrected chi connectivity index (χ1v) is 10.1. The third-order valence-electron chi connectivity index (χ3n) is 6.69. The van der Waals surface area contributed by atoms with E-state index in [1.165, 1.54) is 19.3 Å². The summed E-state index contributed by atoms with van der Waals surface area (Å²) in [4.78, 5) is 13.2. The van der Waals surface area contributed by atoms with Crippen LogP contribution in [0.15, 0.2) is 16.6 Å². The second-order valence-corrected chi connectivity index (χ2v) is 10.6. The highest BCUT2D eigenvalue weighted by atomic mass is 79.9. The first-order valence-electron chi connectivity index (χ1n) is 9.32. The Morgan fingerprint density at radius 1 is 1.16 bits per heavy atom. The van der Waals surface area contributed by atoms with Crippen molar-refractivity contribution in [3.8, 4) is 5.75 Å². The predicted octanol–water partition coefficient (Wildman–Crippen LogP) is 5.24. The molecule has 4 bridgehead atoms. The van der Waals surface area contributed by atoms with Gasteiger partial charge in [0.1, 0.15) is 5.75 Å². The third kappa shape index (κ3) is 2.90. The van der Waals surface area contributed by atoms with E-state index in [4.69, 9.17) is 4.74 Å². The van der Waals surface area contributed by atoms with Gasteiger partial charge < -0.3 is 10.1 Å². The number of aryl methyl sites for hydroxylation is 1. The first-order chi connectivity index (χ1) is 11.6. The minimum absolute atomic E-state index is 0.00963. The van der Waals surface area contributed by atoms with Crippen LogP contribution in [0.25, 0.3) is 0 Å². The second kappa shape index (κ2) is 5.48. The number of carbonyl (C=O) groups excluding carboxylic acids is 1. The zero-order valence-corrected chi connectivity index (χ0v) is 17.3. The number of rotatable bonds is 3. The number of benzene rings is 1. The quantitative estimate of drug-likeness (QED) is 0.745. The summed E-state index contributed by atoms with van der Waals surface area (Å²) in [6.07, 6.45) is 7.35. The van der Waals surface area contributed by atoms with Crippen LogP contribution in [0.5, 0.6) is 5.75 Å². The largest absolute Gasteiger partial charge is 0.496 e. The average Bonchev–Trinajstić information content (AvgIpc) is 2.41. The molecular weight excluding hydrogens is 378 g/mol. The molecule has 1 aromatic rings. The van der Waals surface area contributed by atoms with Gasteiger partial charge in [-0.1, -0.05) is 29.8 Å². The van der Waals surface area contributed by atoms with Crippen molar-refractivity contribution in [3.63, 3.8) is 0 Å². The van der Waals surface area contributed by atoms with Gasteiger partial charge in [0, 0.05) is 10.0 Å². The van der Waals surface area contributed by atoms with Crippen LogP contribution in [-0.4, -0.2) is 18.6 Å². The van der Waals surface area contributed by atoms with Crippen LogP contribution < -0.4 is 10.1 Å². The minimum atomic E-state index is -0.0404. The molecule has 4 fully saturated rings. The van der Waals surface area contributed by atoms with Gasteiger partial charge in [-0.15, -0.1) is 0 Å². The maximum atomic E-state index is 13.2. The summed E-state index contributed by atoms with van der Waals surface area (Å²) in [5, 5.41) is 3.48. The number of methoxy groups -OCH3 is 1. The van der Waals surface area contributed by atoms with Gasteiger partial charge in [-0.3, -0.25) is 4.79 Å². The smallest absolute Gasteiger partial charge is 0.255 e. The predicted molar refractivity (Wildman–Crippen MR) is 103 cm³/mol. The molecule has 1 aromatic carbocycles. The lowest BCUT2D eigenvalue weighted by Crippen LogP contribution is -2.65. The molecule has 0 unspecified atom stereocenters. The summed E-state index contributed by atoms with van der Waals surface area (Å²) in [5.74, 6) is 1.45. The molecule has 1 amide bonds. The van der Waals surface area contributed by atoms with Crippen molar-refractivity contribution < 1.29 is 9.53 Å². The molecule has 3 nitrogen and oxygen atoms in total. The molecule has 1 N–H and O–H groups in total. The third-order valence-corrected chi connectivity index (χ3v) is 7.15. The Hall–Kier alpha value is -1.03. The molecule has 0 aromatic heterocycles. The van der Waals surface area contributed by atoms with Crippen LogP contribution in [0.2, 0.25) is 0 Å². The molecule has 25 heavy (non-hydrogen) atoms. The summed E-state index contributed by atoms with van der Waals surface area (Å²) >= 11 is 3.52. The Labute approximate surface area is 159 Å². The second-order valence-electron chi connectivity index (χ2n) is 9.67. The fraction of sp³-hybridized carbons (Fsp3) is 0.667. The van der Waals surface area contributed by atoms with Crippen molar-refractivity contribution >= 4 is 21.8 Å². The van der Waals surface area contributed by atoms with E-state index in [-0.39, 0.29) is 11.4 Å². The summed E-state index contributed by atoms with van der Waals surface area (Å²) in [7, 11) is 1.64. The van der Waals surface area contributed by atoms with Crippen molar-refractivity contribution in [2.75, 3.05) is 7.11 Å². The maximum absolute atomic E-state index is 13.2. The van der Waals surface area contributed by atoms with Gasteiger partial charge >= 0.3 is 0 Å². The molecule has 0 heterocycles. The summed E-state index contributed by atoms with van der Waals surface area (Å²) in [5.41, 5.74) is 2.35. The number of nitrogens with one attached hydrogen (secondary N) is 1. The van der Waals surface area contributed by atoms with Crippen molar-refractivity contribution in [2.45, 2.75) is 64.8 Å². The van der Waals surface area contributed by atoms with Crippen LogP contribution in [-0.2, 0) is 0 Å². The van der Waals surface area contributed by atoms with Gasteiger partial charge in [0.25, 0.3) is 5.91 Å². The summed E-state index contributed by atoms with van der Waals surface area (Å²) in [6, 6.07) is 3.87. The van der Waals surface area contributed by atoms with Gasteiger partial charge in [-0.25, -0.2) is 0 Å². The Morgan fingerprint density at radius 3 is 2.36 bits per heavy atom. The lowest BCUT2D eigenvalue weighted by molar-refractivity contribution is -0.114. The highest BCUT2D eigenvalue weighted by Gasteiger charge is 2.60. The molecule has 4 saturated carbocycles. The Kier molecular flexibility index (Phi) is 3.81. The Balaban J connectivity index is 1.66. The van der Waals surface area contributed by atoms with Gasteiger partial charge in [0.2, 0.25) is 0 Å². The molecular formula is C21H28BrNO2. The molecule has 0 saturated heterocycles. The zero-order valence-electron chi connectivity index (χ0n) is 15.7. The number of carbonyl (C=O) groups is 1. The molecule has 0 radical (unpaired) electrons. The molecule has 0 aliphatic heterocycles. The van der Waals surface area contributed by atoms with Crippen molar-refractivity contribution in [2.24, 2.45) is 16.7 Å². The van der Waals surface area contributed by atoms with Crippen LogP contribution in [0.3, 0.4) is 0 Å². The van der Waals surface area contributed by atoms with Gasteiger partial charge in [0.05, 0.1) is 12.7 Å². The van der Waals surface area contributed by atoms with Crippen LogP contribution in [0.4, 0.5) is 0 Å². The van der Waals surface area contributed by atoms with Gasteiger partial charge in [-0.2, -0.15) is 0 Å². The Bertz CT molecular complexity index is 726. The highest BCUT2D eigenvalue weighted by molar-refractivity contribution is 9.10. The van der Waals surface area contributed by atoms with Crippen molar-refractivity contribution in [1.29, 1.82) is 0 Å². The van der Waals surface area contributed by atoms with Gasteiger partial charge in [0.15, 0.2) is 0 Å². The minimum Gasteiger partial charge on any atom is -0.496 e. The number of ether oxygens (including phenoxy) is 1. The van der Waals surface area contributed by atoms with E-state index in [0.29, 0.717) is 22.1 Å². The lowest BCUT2D eigenvalue weighted by Gasteiger charge is -2.65. The molecule has 4 heteroatoms. The van der Waals surface area contributed by atoms with Crippen LogP contribution >= 0.6 is 15.9 Å². The van der Waals surface area contributed by atoms with E-state index in [2.05, 4.69) is 35.1 Å². The molecule has 5 rings (SSSR count). The molecule has 136 valence electrons. The fourth-order valence-corrected chi connectivity index (χ4v) is 7.64. The topological polar surface area (TPSA) is 38.3 Å². The highest BCUT2D eigenvalue weighted by Crippen LogP contribution is 2.66. The SMILES string of the molecule is COc1c(C)cc(Br)cc1C(=O)NC12CC3C[C@@](C)(C1)C[C@@](C)(C3)C2. The molecule has 4 aliphatic carbocycles. The lowest BCUT2D eigenvalue weighted by atomic mass is 9.43. The van der Waals surface area contributed by atoms with E-state index in [9.17, 15) is 4.79 Å². The van der Waals surface area contributed by atoms with Crippen LogP contribution in [0.1, 0.15) is 68.3 Å². The van der Waals surface area contributed by atoms with Crippen molar-refractivity contribution in [3.05, 3.63) is 27.7 Å². The van der Waals surface area contributed by atoms with E-state index in [0.717, 1.165) is 35.2 Å². The Morgan fingerprint density at radius 2 is 1.80 bits per heavy atom. The standard InChI is InChI=1S/C21H28BrNO2/c1-13-5-15(22)6-16(17(13)25-4)18(24)23-21-9-14-7-19(2,11-21)10-20(3,8-14)12-21/h5-6,14H,7-12H2,1-4H3,(H,23,24)/t14?,19-,20-,21?/m1/s1. The fourth-order valence-electron chi connectivity index (χ4n) is 7.06. The summed E-state index contributed by atoms with van der Waals surface area (Å²) in [6.45, 7) is 6.84. The first kappa shape index (κ1) is 17.4. The molecule has 4 aliphatic rings. The van der Waals surface area contributed by atoms with Gasteiger partial charge in [-0.05, 0) is 79.9 Å². The van der Waals surface area contributed by atoms with Crippen molar-refractivity contribution in [1.82, 2.24) is 5.32 Å². The molecule has 2 atom stereocenters. The van der Waals surface area contributed by atoms with E-state index >= 15 is 0 Å². The van der Waals surface area contributed by atoms with E-state index in [1.807, 2.05) is 19.1 Å². The monoisotopic (exact) mass is 405 g/mol. The van der Waals surface area contributed by atoms with E-state index < -0.39 is 0 Å². The maximum Gasteiger partial charge on any atom is 0.255 e. The summed E-state index contributed by atoms with van der Waals surface area (Å²) < 4.78 is 6.45. The number of halogens is 1. The van der Waals surface area contributed by atoms with Crippen LogP contribution in [0, 0.1) is 23.7 Å². The number of amides is 1. The number of hydrogen-bond acceptors (Lipinski definition) is 2.